The number of hydrogen-bond donors (Lipinski definition) is 4. The third-order valence-corrected chi connectivity index (χ3v) is 4.33. The second kappa shape index (κ2) is 8.50. The van der Waals surface area contributed by atoms with Gasteiger partial charge in [0, 0.05) is 24.6 Å². The highest BCUT2D eigenvalue weighted by Gasteiger charge is 2.16. The van der Waals surface area contributed by atoms with E-state index in [9.17, 15) is 4.79 Å². The summed E-state index contributed by atoms with van der Waals surface area (Å²) in [6.45, 7) is 3.16. The minimum Gasteiger partial charge on any atom is -0.398 e. The first kappa shape index (κ1) is 18.7. The minimum absolute atomic E-state index is 0.0486. The highest BCUT2D eigenvalue weighted by molar-refractivity contribution is 6.02. The van der Waals surface area contributed by atoms with E-state index >= 15 is 0 Å². The first-order valence-corrected chi connectivity index (χ1v) is 8.82. The first-order chi connectivity index (χ1) is 13.0. The van der Waals surface area contributed by atoms with Gasteiger partial charge in [0.1, 0.15) is 11.7 Å². The summed E-state index contributed by atoms with van der Waals surface area (Å²) >= 11 is 0. The van der Waals surface area contributed by atoms with E-state index in [4.69, 9.17) is 16.2 Å². The normalized spacial score (nSPS) is 18.1. The molecule has 0 bridgehead atoms. The molecule has 0 spiro atoms. The Bertz CT molecular complexity index is 818. The maximum Gasteiger partial charge on any atom is 0.320 e. The van der Waals surface area contributed by atoms with Crippen molar-refractivity contribution in [3.05, 3.63) is 53.7 Å². The third-order valence-electron chi connectivity index (χ3n) is 4.33. The van der Waals surface area contributed by atoms with Gasteiger partial charge in [-0.2, -0.15) is 0 Å². The van der Waals surface area contributed by atoms with Crippen molar-refractivity contribution >= 4 is 23.4 Å². The van der Waals surface area contributed by atoms with Gasteiger partial charge in [-0.3, -0.25) is 10.3 Å². The molecule has 1 aliphatic rings. The number of amidine groups is 1. The highest BCUT2D eigenvalue weighted by Crippen LogP contribution is 2.17. The van der Waals surface area contributed by atoms with Crippen LogP contribution < -0.4 is 22.1 Å². The van der Waals surface area contributed by atoms with Gasteiger partial charge < -0.3 is 21.5 Å². The predicted octanol–water partition coefficient (Wildman–Crippen LogP) is 2.04. The number of carbonyl (C=O) groups excluding carboxylic acids is 1. The van der Waals surface area contributed by atoms with E-state index in [1.165, 1.54) is 6.20 Å². The van der Waals surface area contributed by atoms with Crippen molar-refractivity contribution in [3.63, 3.8) is 0 Å². The molecule has 1 fully saturated rings. The van der Waals surface area contributed by atoms with Crippen LogP contribution in [-0.4, -0.2) is 36.1 Å². The van der Waals surface area contributed by atoms with Gasteiger partial charge in [0.15, 0.2) is 0 Å². The number of nitrogens with one attached hydrogen (secondary N) is 2. The molecular formula is C19H24N6O2. The second-order valence-electron chi connectivity index (χ2n) is 6.42. The molecule has 142 valence electrons. The highest BCUT2D eigenvalue weighted by atomic mass is 16.5. The van der Waals surface area contributed by atoms with E-state index in [1.54, 1.807) is 6.07 Å². The van der Waals surface area contributed by atoms with Crippen molar-refractivity contribution in [2.75, 3.05) is 24.3 Å². The standard InChI is InChI=1S/C19H24N6O2/c1-12(13-5-3-2-4-6-13)23-19(26)25-17-9-16(20)15(10-22-17)18(21)24-14-7-8-27-11-14/h2-6,9-10,12,14H,7-8,11H2,1H3,(H2,21,24)(H4,20,22,23,25,26)/t12-,14-/m1/s1. The summed E-state index contributed by atoms with van der Waals surface area (Å²) in [6.07, 6.45) is 2.35. The number of amides is 2. The van der Waals surface area contributed by atoms with Crippen LogP contribution >= 0.6 is 0 Å². The molecule has 2 amide bonds. The summed E-state index contributed by atoms with van der Waals surface area (Å²) < 4.78 is 5.29. The number of pyridine rings is 1. The number of hydrogen-bond acceptors (Lipinski definition) is 5. The van der Waals surface area contributed by atoms with Gasteiger partial charge in [0.25, 0.3) is 0 Å². The molecule has 0 saturated carbocycles. The molecule has 6 N–H and O–H groups in total. The van der Waals surface area contributed by atoms with Crippen LogP contribution in [0.2, 0.25) is 0 Å². The van der Waals surface area contributed by atoms with Gasteiger partial charge >= 0.3 is 6.03 Å². The Morgan fingerprint density at radius 3 is 2.81 bits per heavy atom. The number of ether oxygens (including phenoxy) is 1. The van der Waals surface area contributed by atoms with Crippen LogP contribution in [0.25, 0.3) is 0 Å². The van der Waals surface area contributed by atoms with Crippen LogP contribution in [0.1, 0.15) is 30.5 Å². The zero-order chi connectivity index (χ0) is 19.2. The van der Waals surface area contributed by atoms with Crippen molar-refractivity contribution in [2.45, 2.75) is 25.4 Å². The van der Waals surface area contributed by atoms with Gasteiger partial charge in [-0.15, -0.1) is 0 Å². The number of nitrogens with two attached hydrogens (primary N) is 2. The Kier molecular flexibility index (Phi) is 5.87. The van der Waals surface area contributed by atoms with Crippen molar-refractivity contribution in [1.82, 2.24) is 10.3 Å². The summed E-state index contributed by atoms with van der Waals surface area (Å²) in [5.74, 6) is 0.662. The van der Waals surface area contributed by atoms with E-state index in [-0.39, 0.29) is 18.1 Å². The first-order valence-electron chi connectivity index (χ1n) is 8.82. The van der Waals surface area contributed by atoms with Crippen LogP contribution in [0.3, 0.4) is 0 Å². The smallest absolute Gasteiger partial charge is 0.320 e. The van der Waals surface area contributed by atoms with E-state index in [1.807, 2.05) is 37.3 Å². The maximum absolute atomic E-state index is 12.2. The van der Waals surface area contributed by atoms with E-state index in [2.05, 4.69) is 20.6 Å². The Balaban J connectivity index is 1.62. The lowest BCUT2D eigenvalue weighted by atomic mass is 10.1. The van der Waals surface area contributed by atoms with Crippen molar-refractivity contribution < 1.29 is 9.53 Å². The quantitative estimate of drug-likeness (QED) is 0.474. The van der Waals surface area contributed by atoms with Gasteiger partial charge in [-0.1, -0.05) is 30.3 Å². The number of anilines is 2. The Morgan fingerprint density at radius 2 is 2.15 bits per heavy atom. The van der Waals surface area contributed by atoms with Crippen LogP contribution in [0.15, 0.2) is 47.6 Å². The number of benzene rings is 1. The molecule has 2 heterocycles. The summed E-state index contributed by atoms with van der Waals surface area (Å²) in [5, 5.41) is 5.54. The number of carbonyl (C=O) groups is 1. The Morgan fingerprint density at radius 1 is 1.37 bits per heavy atom. The third kappa shape index (κ3) is 4.95. The van der Waals surface area contributed by atoms with Crippen LogP contribution in [0.5, 0.6) is 0 Å². The fraction of sp³-hybridized carbons (Fsp3) is 0.316. The summed E-state index contributed by atoms with van der Waals surface area (Å²) in [5.41, 5.74) is 14.0. The van der Waals surface area contributed by atoms with Crippen LogP contribution in [0, 0.1) is 0 Å². The average molecular weight is 368 g/mol. The molecule has 2 atom stereocenters. The van der Waals surface area contributed by atoms with Crippen LogP contribution in [0.4, 0.5) is 16.3 Å². The molecule has 8 nitrogen and oxygen atoms in total. The molecule has 0 aliphatic carbocycles. The predicted molar refractivity (Wildman–Crippen MR) is 106 cm³/mol. The Hall–Kier alpha value is -3.13. The molecule has 2 aromatic rings. The van der Waals surface area contributed by atoms with E-state index in [0.717, 1.165) is 12.0 Å². The van der Waals surface area contributed by atoms with Crippen molar-refractivity contribution in [3.8, 4) is 0 Å². The fourth-order valence-electron chi connectivity index (χ4n) is 2.82. The lowest BCUT2D eigenvalue weighted by Crippen LogP contribution is -2.31. The lowest BCUT2D eigenvalue weighted by molar-refractivity contribution is 0.194. The van der Waals surface area contributed by atoms with Gasteiger partial charge in [-0.05, 0) is 18.9 Å². The molecule has 3 rings (SSSR count). The average Bonchev–Trinajstić information content (AvgIpc) is 3.15. The molecule has 1 aromatic carbocycles. The van der Waals surface area contributed by atoms with Crippen LogP contribution in [-0.2, 0) is 4.74 Å². The molecule has 0 radical (unpaired) electrons. The Labute approximate surface area is 158 Å². The van der Waals surface area contributed by atoms with Crippen molar-refractivity contribution in [2.24, 2.45) is 10.7 Å². The second-order valence-corrected chi connectivity index (χ2v) is 6.42. The van der Waals surface area contributed by atoms with Gasteiger partial charge in [-0.25, -0.2) is 9.78 Å². The molecule has 1 aromatic heterocycles. The number of nitrogens with zero attached hydrogens (tertiary/aromatic N) is 2. The monoisotopic (exact) mass is 368 g/mol. The van der Waals surface area contributed by atoms with E-state index < -0.39 is 0 Å². The molecule has 8 heteroatoms. The number of urea groups is 1. The minimum atomic E-state index is -0.365. The number of nitrogen functional groups attached to an aromatic ring is 1. The summed E-state index contributed by atoms with van der Waals surface area (Å²) in [4.78, 5) is 20.8. The molecule has 1 saturated heterocycles. The van der Waals surface area contributed by atoms with E-state index in [0.29, 0.717) is 36.1 Å². The number of aromatic nitrogens is 1. The topological polar surface area (TPSA) is 128 Å². The molecule has 1 aliphatic heterocycles. The zero-order valence-electron chi connectivity index (χ0n) is 15.2. The number of rotatable bonds is 5. The van der Waals surface area contributed by atoms with Gasteiger partial charge in [0.2, 0.25) is 0 Å². The molecule has 0 unspecified atom stereocenters. The van der Waals surface area contributed by atoms with Gasteiger partial charge in [0.05, 0.1) is 24.3 Å². The summed E-state index contributed by atoms with van der Waals surface area (Å²) in [7, 11) is 0. The lowest BCUT2D eigenvalue weighted by Gasteiger charge is -2.15. The maximum atomic E-state index is 12.2. The number of aliphatic imine (C=N–C) groups is 1. The largest absolute Gasteiger partial charge is 0.398 e. The SMILES string of the molecule is C[C@@H](NC(=O)Nc1cc(N)c(C(N)=N[C@@H]2CCOC2)cn1)c1ccccc1. The molecule has 27 heavy (non-hydrogen) atoms. The fourth-order valence-corrected chi connectivity index (χ4v) is 2.82. The molecular weight excluding hydrogens is 344 g/mol. The summed E-state index contributed by atoms with van der Waals surface area (Å²) in [6, 6.07) is 10.8. The zero-order valence-corrected chi connectivity index (χ0v) is 15.2. The van der Waals surface area contributed by atoms with Crippen molar-refractivity contribution in [1.29, 1.82) is 0 Å².